The number of thiocarbonyl (C=S) groups is 1. The van der Waals surface area contributed by atoms with Crippen molar-refractivity contribution in [2.75, 3.05) is 18.6 Å². The monoisotopic (exact) mass is 433 g/mol. The van der Waals surface area contributed by atoms with Crippen LogP contribution < -0.4 is 14.4 Å². The first-order valence-electron chi connectivity index (χ1n) is 8.88. The van der Waals surface area contributed by atoms with Gasteiger partial charge < -0.3 is 9.47 Å². The summed E-state index contributed by atoms with van der Waals surface area (Å²) in [5, 5.41) is 0.427. The van der Waals surface area contributed by atoms with Gasteiger partial charge in [-0.1, -0.05) is 61.1 Å². The molecule has 2 aromatic rings. The molecule has 0 saturated carbocycles. The summed E-state index contributed by atoms with van der Waals surface area (Å²) in [7, 11) is 1.54. The van der Waals surface area contributed by atoms with E-state index in [4.69, 9.17) is 33.3 Å². The van der Waals surface area contributed by atoms with Crippen LogP contribution in [-0.4, -0.2) is 23.9 Å². The van der Waals surface area contributed by atoms with Crippen molar-refractivity contribution in [3.63, 3.8) is 0 Å². The number of hydrogen-bond acceptors (Lipinski definition) is 5. The molecule has 0 aromatic heterocycles. The van der Waals surface area contributed by atoms with Gasteiger partial charge in [-0.3, -0.25) is 9.69 Å². The molecule has 7 heteroatoms. The van der Waals surface area contributed by atoms with Crippen molar-refractivity contribution in [2.24, 2.45) is 0 Å². The molecule has 0 atom stereocenters. The van der Waals surface area contributed by atoms with Crippen molar-refractivity contribution in [1.82, 2.24) is 0 Å². The highest BCUT2D eigenvalue weighted by atomic mass is 35.5. The zero-order valence-corrected chi connectivity index (χ0v) is 18.0. The molecule has 4 nitrogen and oxygen atoms in total. The molecule has 0 spiro atoms. The number of methoxy groups -OCH3 is 1. The van der Waals surface area contributed by atoms with Crippen LogP contribution in [0.2, 0.25) is 5.02 Å². The third kappa shape index (κ3) is 4.69. The summed E-state index contributed by atoms with van der Waals surface area (Å²) in [5.41, 5.74) is 1.53. The number of benzene rings is 2. The Hall–Kier alpha value is -2.02. The minimum Gasteiger partial charge on any atom is -0.495 e. The summed E-state index contributed by atoms with van der Waals surface area (Å²) < 4.78 is 11.3. The number of rotatable bonds is 7. The lowest BCUT2D eigenvalue weighted by molar-refractivity contribution is -0.113. The van der Waals surface area contributed by atoms with Crippen LogP contribution in [0.4, 0.5) is 5.69 Å². The van der Waals surface area contributed by atoms with E-state index in [0.29, 0.717) is 32.3 Å². The number of amides is 1. The number of anilines is 1. The summed E-state index contributed by atoms with van der Waals surface area (Å²) >= 11 is 12.9. The molecule has 2 aromatic carbocycles. The van der Waals surface area contributed by atoms with E-state index in [2.05, 4.69) is 6.92 Å². The first-order chi connectivity index (χ1) is 13.5. The topological polar surface area (TPSA) is 38.8 Å². The predicted molar refractivity (Wildman–Crippen MR) is 121 cm³/mol. The van der Waals surface area contributed by atoms with E-state index >= 15 is 0 Å². The van der Waals surface area contributed by atoms with E-state index in [0.717, 1.165) is 24.2 Å². The average molecular weight is 434 g/mol. The van der Waals surface area contributed by atoms with Crippen molar-refractivity contribution in [2.45, 2.75) is 19.8 Å². The van der Waals surface area contributed by atoms with E-state index in [9.17, 15) is 4.79 Å². The van der Waals surface area contributed by atoms with E-state index in [-0.39, 0.29) is 5.91 Å². The predicted octanol–water partition coefficient (Wildman–Crippen LogP) is 5.93. The molecule has 1 fully saturated rings. The van der Waals surface area contributed by atoms with Gasteiger partial charge in [0, 0.05) is 0 Å². The first-order valence-corrected chi connectivity index (χ1v) is 10.5. The molecular formula is C21H20ClNO3S2. The maximum absolute atomic E-state index is 12.9. The maximum atomic E-state index is 12.9. The van der Waals surface area contributed by atoms with E-state index < -0.39 is 0 Å². The molecule has 3 rings (SSSR count). The van der Waals surface area contributed by atoms with Crippen molar-refractivity contribution >= 4 is 57.6 Å². The molecule has 0 radical (unpaired) electrons. The molecule has 1 heterocycles. The Balaban J connectivity index is 1.76. The van der Waals surface area contributed by atoms with E-state index in [1.165, 1.54) is 16.7 Å². The Morgan fingerprint density at radius 3 is 2.61 bits per heavy atom. The van der Waals surface area contributed by atoms with Gasteiger partial charge in [-0.05, 0) is 48.4 Å². The van der Waals surface area contributed by atoms with Crippen molar-refractivity contribution in [1.29, 1.82) is 0 Å². The highest BCUT2D eigenvalue weighted by molar-refractivity contribution is 8.27. The Labute approximate surface area is 179 Å². The number of halogens is 1. The first kappa shape index (κ1) is 20.7. The second-order valence-electron chi connectivity index (χ2n) is 6.11. The van der Waals surface area contributed by atoms with Crippen LogP contribution in [0.3, 0.4) is 0 Å². The van der Waals surface area contributed by atoms with Crippen LogP contribution in [-0.2, 0) is 4.79 Å². The molecule has 0 unspecified atom stereocenters. The third-order valence-electron chi connectivity index (χ3n) is 4.13. The Bertz CT molecular complexity index is 912. The van der Waals surface area contributed by atoms with Gasteiger partial charge in [-0.25, -0.2) is 0 Å². The molecule has 28 heavy (non-hydrogen) atoms. The minimum absolute atomic E-state index is 0.167. The standard InChI is InChI=1S/C21H20ClNO3S2/c1-3-4-11-26-16-8-5-14(6-9-16)12-19-20(24)23(21(27)28-19)15-7-10-18(25-2)17(22)13-15/h5-10,12-13H,3-4,11H2,1-2H3/b19-12-. The summed E-state index contributed by atoms with van der Waals surface area (Å²) in [6.45, 7) is 2.83. The fourth-order valence-corrected chi connectivity index (χ4v) is 4.18. The van der Waals surface area contributed by atoms with Gasteiger partial charge in [0.2, 0.25) is 0 Å². The van der Waals surface area contributed by atoms with Gasteiger partial charge >= 0.3 is 0 Å². The van der Waals surface area contributed by atoms with Crippen LogP contribution in [0.1, 0.15) is 25.3 Å². The molecule has 0 N–H and O–H groups in total. The largest absolute Gasteiger partial charge is 0.495 e. The average Bonchev–Trinajstić information content (AvgIpc) is 2.96. The summed E-state index contributed by atoms with van der Waals surface area (Å²) in [5.74, 6) is 1.21. The van der Waals surface area contributed by atoms with Gasteiger partial charge in [-0.15, -0.1) is 0 Å². The molecule has 0 bridgehead atoms. The maximum Gasteiger partial charge on any atom is 0.270 e. The molecule has 1 amide bonds. The zero-order chi connectivity index (χ0) is 20.1. The van der Waals surface area contributed by atoms with Crippen LogP contribution in [0.25, 0.3) is 6.08 Å². The van der Waals surface area contributed by atoms with Gasteiger partial charge in [0.15, 0.2) is 4.32 Å². The van der Waals surface area contributed by atoms with Crippen LogP contribution in [0.15, 0.2) is 47.4 Å². The van der Waals surface area contributed by atoms with E-state index in [1.54, 1.807) is 25.3 Å². The van der Waals surface area contributed by atoms with Crippen molar-refractivity contribution in [3.8, 4) is 11.5 Å². The van der Waals surface area contributed by atoms with Crippen LogP contribution in [0.5, 0.6) is 11.5 Å². The fraction of sp³-hybridized carbons (Fsp3) is 0.238. The molecule has 146 valence electrons. The summed E-state index contributed by atoms with van der Waals surface area (Å²) in [4.78, 5) is 14.9. The lowest BCUT2D eigenvalue weighted by Crippen LogP contribution is -2.27. The molecule has 1 aliphatic rings. The number of ether oxygens (including phenoxy) is 2. The summed E-state index contributed by atoms with van der Waals surface area (Å²) in [6.07, 6.45) is 3.96. The SMILES string of the molecule is CCCCOc1ccc(/C=C2\SC(=S)N(c3ccc(OC)c(Cl)c3)C2=O)cc1. The quantitative estimate of drug-likeness (QED) is 0.307. The Morgan fingerprint density at radius 1 is 1.21 bits per heavy atom. The smallest absolute Gasteiger partial charge is 0.270 e. The van der Waals surface area contributed by atoms with E-state index in [1.807, 2.05) is 30.3 Å². The number of hydrogen-bond donors (Lipinski definition) is 0. The lowest BCUT2D eigenvalue weighted by Gasteiger charge is -2.15. The second kappa shape index (κ2) is 9.45. The Kier molecular flexibility index (Phi) is 6.99. The zero-order valence-electron chi connectivity index (χ0n) is 15.6. The van der Waals surface area contributed by atoms with Gasteiger partial charge in [0.1, 0.15) is 11.5 Å². The van der Waals surface area contributed by atoms with Crippen LogP contribution >= 0.6 is 35.6 Å². The number of carbonyl (C=O) groups is 1. The minimum atomic E-state index is -0.167. The molecule has 0 aliphatic carbocycles. The van der Waals surface area contributed by atoms with Crippen molar-refractivity contribution in [3.05, 3.63) is 58.0 Å². The molecule has 1 aliphatic heterocycles. The Morgan fingerprint density at radius 2 is 1.96 bits per heavy atom. The molecular weight excluding hydrogens is 414 g/mol. The lowest BCUT2D eigenvalue weighted by atomic mass is 10.2. The highest BCUT2D eigenvalue weighted by Gasteiger charge is 2.33. The van der Waals surface area contributed by atoms with Gasteiger partial charge in [-0.2, -0.15) is 0 Å². The number of unbranched alkanes of at least 4 members (excludes halogenated alkanes) is 1. The highest BCUT2D eigenvalue weighted by Crippen LogP contribution is 2.38. The summed E-state index contributed by atoms with van der Waals surface area (Å²) in [6, 6.07) is 12.8. The van der Waals surface area contributed by atoms with Crippen molar-refractivity contribution < 1.29 is 14.3 Å². The third-order valence-corrected chi connectivity index (χ3v) is 5.73. The normalized spacial score (nSPS) is 15.4. The van der Waals surface area contributed by atoms with Crippen LogP contribution in [0, 0.1) is 0 Å². The number of carbonyl (C=O) groups excluding carboxylic acids is 1. The second-order valence-corrected chi connectivity index (χ2v) is 8.19. The van der Waals surface area contributed by atoms with Gasteiger partial charge in [0.25, 0.3) is 5.91 Å². The number of thioether (sulfide) groups is 1. The fourth-order valence-electron chi connectivity index (χ4n) is 2.63. The van der Waals surface area contributed by atoms with Gasteiger partial charge in [0.05, 0.1) is 29.3 Å². The molecule has 1 saturated heterocycles. The number of nitrogens with zero attached hydrogens (tertiary/aromatic N) is 1.